The van der Waals surface area contributed by atoms with Crippen LogP contribution in [0.15, 0.2) is 17.0 Å². The van der Waals surface area contributed by atoms with Gasteiger partial charge in [0.15, 0.2) is 0 Å². The molecule has 1 N–H and O–H groups in total. The smallest absolute Gasteiger partial charge is 0.337 e. The number of nitrogens with zero attached hydrogens (tertiary/aromatic N) is 1. The Balaban J connectivity index is 2.51. The quantitative estimate of drug-likeness (QED) is 0.867. The number of hydrogen-bond donors (Lipinski definition) is 1. The molecular weight excluding hydrogens is 321 g/mol. The van der Waals surface area contributed by atoms with Gasteiger partial charge in [-0.2, -0.15) is 4.31 Å². The van der Waals surface area contributed by atoms with Crippen molar-refractivity contribution in [3.8, 4) is 0 Å². The second-order valence-corrected chi connectivity index (χ2v) is 7.19. The summed E-state index contributed by atoms with van der Waals surface area (Å²) >= 11 is 5.56. The molecule has 8 heteroatoms. The molecule has 1 fully saturated rings. The Morgan fingerprint density at radius 1 is 1.48 bits per heavy atom. The van der Waals surface area contributed by atoms with Crippen molar-refractivity contribution in [2.24, 2.45) is 0 Å². The first-order valence-electron chi connectivity index (χ1n) is 6.53. The molecule has 2 rings (SSSR count). The molecule has 116 valence electrons. The van der Waals surface area contributed by atoms with E-state index in [0.717, 1.165) is 25.0 Å². The molecular formula is C13H15ClFNO4S. The number of hydrogen-bond acceptors (Lipinski definition) is 3. The maximum Gasteiger partial charge on any atom is 0.337 e. The number of carbonyl (C=O) groups is 1. The topological polar surface area (TPSA) is 74.7 Å². The van der Waals surface area contributed by atoms with Crippen LogP contribution in [0.3, 0.4) is 0 Å². The van der Waals surface area contributed by atoms with E-state index in [0.29, 0.717) is 13.0 Å². The molecule has 0 radical (unpaired) electrons. The molecule has 1 saturated carbocycles. The average Bonchev–Trinajstić information content (AvgIpc) is 3.22. The van der Waals surface area contributed by atoms with Crippen LogP contribution in [-0.4, -0.2) is 36.4 Å². The monoisotopic (exact) mass is 335 g/mol. The fourth-order valence-corrected chi connectivity index (χ4v) is 4.09. The number of aromatic carboxylic acids is 1. The number of carboxylic acids is 1. The van der Waals surface area contributed by atoms with Gasteiger partial charge in [-0.1, -0.05) is 18.5 Å². The highest BCUT2D eigenvalue weighted by molar-refractivity contribution is 7.89. The van der Waals surface area contributed by atoms with Gasteiger partial charge in [-0.15, -0.1) is 0 Å². The third-order valence-electron chi connectivity index (χ3n) is 3.24. The van der Waals surface area contributed by atoms with Gasteiger partial charge in [0.25, 0.3) is 0 Å². The van der Waals surface area contributed by atoms with Crippen LogP contribution in [0.2, 0.25) is 5.02 Å². The molecule has 5 nitrogen and oxygen atoms in total. The minimum atomic E-state index is -3.92. The van der Waals surface area contributed by atoms with Gasteiger partial charge in [0.05, 0.1) is 15.5 Å². The van der Waals surface area contributed by atoms with Gasteiger partial charge in [0, 0.05) is 12.6 Å². The lowest BCUT2D eigenvalue weighted by Crippen LogP contribution is -2.34. The molecule has 0 heterocycles. The Morgan fingerprint density at radius 3 is 2.57 bits per heavy atom. The average molecular weight is 336 g/mol. The molecule has 1 aromatic rings. The fourth-order valence-electron chi connectivity index (χ4n) is 2.09. The number of rotatable bonds is 6. The summed E-state index contributed by atoms with van der Waals surface area (Å²) in [6.45, 7) is 2.16. The zero-order valence-corrected chi connectivity index (χ0v) is 12.9. The molecule has 0 spiro atoms. The van der Waals surface area contributed by atoms with Gasteiger partial charge >= 0.3 is 5.97 Å². The van der Waals surface area contributed by atoms with E-state index < -0.39 is 32.4 Å². The van der Waals surface area contributed by atoms with Gasteiger partial charge in [-0.25, -0.2) is 17.6 Å². The first-order valence-corrected chi connectivity index (χ1v) is 8.35. The lowest BCUT2D eigenvalue weighted by Gasteiger charge is -2.21. The van der Waals surface area contributed by atoms with E-state index in [1.807, 2.05) is 6.92 Å². The molecule has 0 atom stereocenters. The predicted octanol–water partition coefficient (Wildman–Crippen LogP) is 2.74. The van der Waals surface area contributed by atoms with Crippen LogP contribution in [0.4, 0.5) is 4.39 Å². The highest BCUT2D eigenvalue weighted by Gasteiger charge is 2.38. The molecule has 0 aliphatic heterocycles. The summed E-state index contributed by atoms with van der Waals surface area (Å²) in [6.07, 6.45) is 2.15. The maximum absolute atomic E-state index is 13.7. The first kappa shape index (κ1) is 16.2. The molecule has 0 amide bonds. The molecule has 0 unspecified atom stereocenters. The van der Waals surface area contributed by atoms with Crippen molar-refractivity contribution in [1.29, 1.82) is 0 Å². The SMILES string of the molecule is CCCN(C1CC1)S(=O)(=O)c1cc(F)c(Cl)c(C(=O)O)c1. The van der Waals surface area contributed by atoms with Crippen molar-refractivity contribution in [3.05, 3.63) is 28.5 Å². The fraction of sp³-hybridized carbons (Fsp3) is 0.462. The number of sulfonamides is 1. The van der Waals surface area contributed by atoms with Crippen molar-refractivity contribution in [1.82, 2.24) is 4.31 Å². The molecule has 0 aromatic heterocycles. The normalized spacial score (nSPS) is 15.4. The largest absolute Gasteiger partial charge is 0.478 e. The summed E-state index contributed by atoms with van der Waals surface area (Å²) in [5.41, 5.74) is -0.553. The Bertz CT molecular complexity index is 673. The van der Waals surface area contributed by atoms with E-state index >= 15 is 0 Å². The van der Waals surface area contributed by atoms with Crippen LogP contribution in [-0.2, 0) is 10.0 Å². The summed E-state index contributed by atoms with van der Waals surface area (Å²) in [5, 5.41) is 8.40. The Labute approximate surface area is 127 Å². The van der Waals surface area contributed by atoms with Gasteiger partial charge < -0.3 is 5.11 Å². The van der Waals surface area contributed by atoms with Crippen LogP contribution >= 0.6 is 11.6 Å². The van der Waals surface area contributed by atoms with Crippen LogP contribution in [0, 0.1) is 5.82 Å². The number of halogens is 2. The van der Waals surface area contributed by atoms with Crippen LogP contribution in [0.1, 0.15) is 36.5 Å². The second kappa shape index (κ2) is 5.90. The Kier molecular flexibility index (Phi) is 4.55. The lowest BCUT2D eigenvalue weighted by atomic mass is 10.2. The van der Waals surface area contributed by atoms with Crippen molar-refractivity contribution >= 4 is 27.6 Å². The van der Waals surface area contributed by atoms with Gasteiger partial charge in [0.2, 0.25) is 10.0 Å². The van der Waals surface area contributed by atoms with Crippen LogP contribution < -0.4 is 0 Å². The zero-order chi connectivity index (χ0) is 15.8. The molecule has 1 aliphatic rings. The van der Waals surface area contributed by atoms with Crippen LogP contribution in [0.25, 0.3) is 0 Å². The van der Waals surface area contributed by atoms with Crippen molar-refractivity contribution in [2.75, 3.05) is 6.54 Å². The molecule has 0 bridgehead atoms. The maximum atomic E-state index is 13.7. The van der Waals surface area contributed by atoms with Gasteiger partial charge in [-0.3, -0.25) is 0 Å². The van der Waals surface area contributed by atoms with Gasteiger partial charge in [-0.05, 0) is 31.4 Å². The van der Waals surface area contributed by atoms with Gasteiger partial charge in [0.1, 0.15) is 5.82 Å². The van der Waals surface area contributed by atoms with E-state index in [-0.39, 0.29) is 10.9 Å². The van der Waals surface area contributed by atoms with E-state index in [1.54, 1.807) is 0 Å². The van der Waals surface area contributed by atoms with E-state index in [2.05, 4.69) is 0 Å². The van der Waals surface area contributed by atoms with Crippen LogP contribution in [0.5, 0.6) is 0 Å². The summed E-state index contributed by atoms with van der Waals surface area (Å²) in [6, 6.07) is 1.60. The van der Waals surface area contributed by atoms with Crippen molar-refractivity contribution in [3.63, 3.8) is 0 Å². The Morgan fingerprint density at radius 2 is 2.10 bits per heavy atom. The molecule has 0 saturated heterocycles. The molecule has 1 aliphatic carbocycles. The highest BCUT2D eigenvalue weighted by Crippen LogP contribution is 2.33. The molecule has 21 heavy (non-hydrogen) atoms. The third-order valence-corrected chi connectivity index (χ3v) is 5.55. The van der Waals surface area contributed by atoms with E-state index in [9.17, 15) is 17.6 Å². The predicted molar refractivity (Wildman–Crippen MR) is 75.6 cm³/mol. The highest BCUT2D eigenvalue weighted by atomic mass is 35.5. The summed E-state index contributed by atoms with van der Waals surface area (Å²) in [4.78, 5) is 10.7. The minimum Gasteiger partial charge on any atom is -0.478 e. The zero-order valence-electron chi connectivity index (χ0n) is 11.3. The second-order valence-electron chi connectivity index (χ2n) is 4.92. The third kappa shape index (κ3) is 3.20. The summed E-state index contributed by atoms with van der Waals surface area (Å²) in [5.74, 6) is -2.52. The summed E-state index contributed by atoms with van der Waals surface area (Å²) in [7, 11) is -3.92. The standard InChI is InChI=1S/C13H15ClFNO4S/c1-2-5-16(8-3-4-8)21(19,20)9-6-10(13(17)18)12(14)11(15)7-9/h6-8H,2-5H2,1H3,(H,17,18). The summed E-state index contributed by atoms with van der Waals surface area (Å²) < 4.78 is 40.2. The van der Waals surface area contributed by atoms with Crippen molar-refractivity contribution < 1.29 is 22.7 Å². The lowest BCUT2D eigenvalue weighted by molar-refractivity contribution is 0.0696. The first-order chi connectivity index (χ1) is 9.78. The Hall–Kier alpha value is -1.18. The van der Waals surface area contributed by atoms with E-state index in [1.165, 1.54) is 4.31 Å². The minimum absolute atomic E-state index is 0.0815. The number of benzene rings is 1. The number of carboxylic acid groups (broad SMARTS) is 1. The van der Waals surface area contributed by atoms with Crippen molar-refractivity contribution in [2.45, 2.75) is 37.1 Å². The van der Waals surface area contributed by atoms with E-state index in [4.69, 9.17) is 16.7 Å². The molecule has 1 aromatic carbocycles.